The number of piperidine rings is 1. The Bertz CT molecular complexity index is 1260. The third-order valence-corrected chi connectivity index (χ3v) is 9.81. The predicted molar refractivity (Wildman–Crippen MR) is 165 cm³/mol. The molecule has 0 N–H and O–H groups in total. The van der Waals surface area contributed by atoms with Gasteiger partial charge in [0.15, 0.2) is 11.5 Å². The molecule has 228 valence electrons. The number of para-hydroxylation sites is 1. The van der Waals surface area contributed by atoms with Crippen LogP contribution in [0.3, 0.4) is 0 Å². The number of ether oxygens (including phenoxy) is 3. The fraction of sp³-hybridized carbons (Fsp3) is 0.629. The molecule has 2 aromatic carbocycles. The van der Waals surface area contributed by atoms with E-state index in [-0.39, 0.29) is 6.09 Å². The van der Waals surface area contributed by atoms with Gasteiger partial charge in [-0.3, -0.25) is 9.80 Å². The molecule has 1 amide bonds. The van der Waals surface area contributed by atoms with E-state index in [0.717, 1.165) is 63.6 Å². The lowest BCUT2D eigenvalue weighted by Crippen LogP contribution is -2.60. The van der Waals surface area contributed by atoms with Crippen LogP contribution < -0.4 is 9.47 Å². The summed E-state index contributed by atoms with van der Waals surface area (Å²) < 4.78 is 17.6. The first-order valence-electron chi connectivity index (χ1n) is 16.0. The zero-order valence-corrected chi connectivity index (χ0v) is 26.2. The molecule has 0 radical (unpaired) electrons. The predicted octanol–water partition coefficient (Wildman–Crippen LogP) is 6.62. The molecule has 3 heterocycles. The highest BCUT2D eigenvalue weighted by atomic mass is 16.6. The Hall–Kier alpha value is -2.77. The van der Waals surface area contributed by atoms with Crippen LogP contribution in [0.25, 0.3) is 0 Å². The molecule has 7 nitrogen and oxygen atoms in total. The van der Waals surface area contributed by atoms with Crippen LogP contribution in [-0.4, -0.2) is 78.4 Å². The van der Waals surface area contributed by atoms with Gasteiger partial charge < -0.3 is 19.1 Å². The standard InChI is InChI=1S/C35H49N3O4/c1-25(2)28-10-6-7-11-29(28)30-24-36(23-26-9-8-12-31-32(26)41-20-19-40-31)17-18-38(30)27-21-35(22-27)13-15-37(16-14-35)33(39)42-34(3,4)5/h6-12,25,27,30H,13-24H2,1-5H3. The first-order chi connectivity index (χ1) is 20.1. The molecular formula is C35H49N3O4. The van der Waals surface area contributed by atoms with Gasteiger partial charge in [0.1, 0.15) is 18.8 Å². The van der Waals surface area contributed by atoms with Crippen LogP contribution in [0.2, 0.25) is 0 Å². The van der Waals surface area contributed by atoms with E-state index >= 15 is 0 Å². The summed E-state index contributed by atoms with van der Waals surface area (Å²) in [5.41, 5.74) is 4.08. The molecule has 1 atom stereocenters. The third kappa shape index (κ3) is 6.14. The van der Waals surface area contributed by atoms with Gasteiger partial charge in [-0.25, -0.2) is 4.79 Å². The maximum Gasteiger partial charge on any atom is 0.410 e. The van der Waals surface area contributed by atoms with E-state index in [1.165, 1.54) is 29.5 Å². The summed E-state index contributed by atoms with van der Waals surface area (Å²) in [5, 5.41) is 0. The largest absolute Gasteiger partial charge is 0.486 e. The number of carbonyl (C=O) groups excluding carboxylic acids is 1. The topological polar surface area (TPSA) is 54.5 Å². The van der Waals surface area contributed by atoms with Gasteiger partial charge >= 0.3 is 6.09 Å². The number of hydrogen-bond donors (Lipinski definition) is 0. The summed E-state index contributed by atoms with van der Waals surface area (Å²) in [7, 11) is 0. The second kappa shape index (κ2) is 11.7. The van der Waals surface area contributed by atoms with Crippen molar-refractivity contribution in [3.05, 3.63) is 59.2 Å². The summed E-state index contributed by atoms with van der Waals surface area (Å²) >= 11 is 0. The van der Waals surface area contributed by atoms with Crippen LogP contribution in [0.5, 0.6) is 11.5 Å². The van der Waals surface area contributed by atoms with Crippen LogP contribution in [-0.2, 0) is 11.3 Å². The van der Waals surface area contributed by atoms with Crippen LogP contribution in [0, 0.1) is 5.41 Å². The van der Waals surface area contributed by atoms with Crippen molar-refractivity contribution in [2.75, 3.05) is 45.9 Å². The number of fused-ring (bicyclic) bond motifs is 1. The number of benzene rings is 2. The molecule has 0 bridgehead atoms. The number of likely N-dealkylation sites (tertiary alicyclic amines) is 1. The first kappa shape index (κ1) is 29.3. The molecule has 0 aromatic heterocycles. The summed E-state index contributed by atoms with van der Waals surface area (Å²) in [6.45, 7) is 17.3. The summed E-state index contributed by atoms with van der Waals surface area (Å²) in [6, 6.07) is 16.3. The van der Waals surface area contributed by atoms with Crippen molar-refractivity contribution in [2.45, 2.75) is 90.4 Å². The lowest BCUT2D eigenvalue weighted by Gasteiger charge is -2.58. The van der Waals surface area contributed by atoms with Gasteiger partial charge in [0, 0.05) is 56.9 Å². The third-order valence-electron chi connectivity index (χ3n) is 9.81. The molecule has 3 aliphatic heterocycles. The number of carbonyl (C=O) groups is 1. The lowest BCUT2D eigenvalue weighted by atomic mass is 9.59. The van der Waals surface area contributed by atoms with Gasteiger partial charge in [-0.2, -0.15) is 0 Å². The number of nitrogens with zero attached hydrogens (tertiary/aromatic N) is 3. The lowest BCUT2D eigenvalue weighted by molar-refractivity contribution is -0.0783. The Morgan fingerprint density at radius 1 is 0.976 bits per heavy atom. The smallest absolute Gasteiger partial charge is 0.410 e. The van der Waals surface area contributed by atoms with Crippen molar-refractivity contribution in [3.63, 3.8) is 0 Å². The summed E-state index contributed by atoms with van der Waals surface area (Å²) in [6.07, 6.45) is 4.46. The maximum absolute atomic E-state index is 12.6. The highest BCUT2D eigenvalue weighted by Crippen LogP contribution is 2.53. The Labute approximate surface area is 252 Å². The zero-order chi connectivity index (χ0) is 29.5. The monoisotopic (exact) mass is 575 g/mol. The molecule has 6 rings (SSSR count). The molecule has 3 fully saturated rings. The first-order valence-corrected chi connectivity index (χ1v) is 16.0. The fourth-order valence-corrected chi connectivity index (χ4v) is 7.62. The molecule has 1 saturated carbocycles. The molecule has 42 heavy (non-hydrogen) atoms. The number of rotatable bonds is 5. The SMILES string of the molecule is CC(C)c1ccccc1C1CN(Cc2cccc3c2OCCO3)CCN1C1CC2(CCN(C(=O)OC(C)(C)C)CC2)C1. The molecule has 1 spiro atoms. The normalized spacial score (nSPS) is 23.2. The van der Waals surface area contributed by atoms with Gasteiger partial charge in [-0.15, -0.1) is 0 Å². The number of hydrogen-bond acceptors (Lipinski definition) is 6. The second-order valence-corrected chi connectivity index (χ2v) is 14.2. The van der Waals surface area contributed by atoms with E-state index in [9.17, 15) is 4.79 Å². The van der Waals surface area contributed by atoms with Crippen LogP contribution in [0.15, 0.2) is 42.5 Å². The van der Waals surface area contributed by atoms with Crippen LogP contribution in [0.4, 0.5) is 4.79 Å². The van der Waals surface area contributed by atoms with Crippen LogP contribution >= 0.6 is 0 Å². The molecule has 4 aliphatic rings. The Morgan fingerprint density at radius 3 is 2.45 bits per heavy atom. The molecule has 2 saturated heterocycles. The van der Waals surface area contributed by atoms with E-state index in [1.54, 1.807) is 0 Å². The minimum atomic E-state index is -0.447. The maximum atomic E-state index is 12.6. The van der Waals surface area contributed by atoms with Crippen molar-refractivity contribution < 1.29 is 19.0 Å². The van der Waals surface area contributed by atoms with E-state index in [4.69, 9.17) is 14.2 Å². The zero-order valence-electron chi connectivity index (χ0n) is 26.2. The summed E-state index contributed by atoms with van der Waals surface area (Å²) in [4.78, 5) is 20.0. The van der Waals surface area contributed by atoms with Gasteiger partial charge in [-0.1, -0.05) is 50.2 Å². The average Bonchev–Trinajstić information content (AvgIpc) is 2.95. The van der Waals surface area contributed by atoms with Crippen molar-refractivity contribution in [1.82, 2.24) is 14.7 Å². The van der Waals surface area contributed by atoms with E-state index in [0.29, 0.717) is 36.6 Å². The average molecular weight is 576 g/mol. The Morgan fingerprint density at radius 2 is 1.71 bits per heavy atom. The molecule has 1 unspecified atom stereocenters. The minimum Gasteiger partial charge on any atom is -0.486 e. The number of piperazine rings is 1. The Kier molecular flexibility index (Phi) is 8.18. The van der Waals surface area contributed by atoms with Crippen molar-refractivity contribution in [2.24, 2.45) is 5.41 Å². The highest BCUT2D eigenvalue weighted by Gasteiger charge is 2.50. The molecule has 7 heteroatoms. The van der Waals surface area contributed by atoms with Crippen LogP contribution in [0.1, 0.15) is 89.0 Å². The second-order valence-electron chi connectivity index (χ2n) is 14.2. The van der Waals surface area contributed by atoms with Gasteiger partial charge in [0.05, 0.1) is 0 Å². The van der Waals surface area contributed by atoms with E-state index < -0.39 is 5.60 Å². The van der Waals surface area contributed by atoms with Crippen molar-refractivity contribution in [3.8, 4) is 11.5 Å². The summed E-state index contributed by atoms with van der Waals surface area (Å²) in [5.74, 6) is 2.27. The fourth-order valence-electron chi connectivity index (χ4n) is 7.62. The molecule has 2 aromatic rings. The van der Waals surface area contributed by atoms with E-state index in [1.807, 2.05) is 31.7 Å². The number of amides is 1. The molecule has 1 aliphatic carbocycles. The van der Waals surface area contributed by atoms with Gasteiger partial charge in [0.25, 0.3) is 0 Å². The highest BCUT2D eigenvalue weighted by molar-refractivity contribution is 5.68. The Balaban J connectivity index is 1.16. The molecular weight excluding hydrogens is 526 g/mol. The van der Waals surface area contributed by atoms with Gasteiger partial charge in [-0.05, 0) is 75.0 Å². The van der Waals surface area contributed by atoms with Crippen molar-refractivity contribution >= 4 is 6.09 Å². The van der Waals surface area contributed by atoms with Gasteiger partial charge in [0.2, 0.25) is 0 Å². The minimum absolute atomic E-state index is 0.161. The van der Waals surface area contributed by atoms with E-state index in [2.05, 4.69) is 60.0 Å². The van der Waals surface area contributed by atoms with Crippen molar-refractivity contribution in [1.29, 1.82) is 0 Å². The quantitative estimate of drug-likeness (QED) is 0.400.